The summed E-state index contributed by atoms with van der Waals surface area (Å²) in [5.74, 6) is 0. The molecular formula is C14H20N2O4. The summed E-state index contributed by atoms with van der Waals surface area (Å²) in [4.78, 5) is 10.4. The molecule has 1 aromatic rings. The number of methoxy groups -OCH3 is 1. The van der Waals surface area contributed by atoms with Crippen molar-refractivity contribution in [2.24, 2.45) is 0 Å². The highest BCUT2D eigenvalue weighted by molar-refractivity contribution is 5.55. The molecule has 1 aliphatic rings. The molecule has 1 aromatic carbocycles. The Bertz CT molecular complexity index is 458. The van der Waals surface area contributed by atoms with Crippen LogP contribution in [0.5, 0.6) is 0 Å². The normalized spacial score (nSPS) is 18.8. The van der Waals surface area contributed by atoms with Gasteiger partial charge in [0.2, 0.25) is 0 Å². The first kappa shape index (κ1) is 14.7. The molecule has 0 saturated carbocycles. The van der Waals surface area contributed by atoms with Crippen LogP contribution in [0.4, 0.5) is 11.4 Å². The molecule has 1 saturated heterocycles. The summed E-state index contributed by atoms with van der Waals surface area (Å²) in [5, 5.41) is 14.1. The van der Waals surface area contributed by atoms with Crippen LogP contribution < -0.4 is 5.32 Å². The number of rotatable bonds is 6. The molecule has 6 heteroatoms. The van der Waals surface area contributed by atoms with Gasteiger partial charge in [0.15, 0.2) is 0 Å². The summed E-state index contributed by atoms with van der Waals surface area (Å²) in [6.07, 6.45) is 3.59. The van der Waals surface area contributed by atoms with Crippen LogP contribution in [0.15, 0.2) is 18.2 Å². The number of hydrogen-bond donors (Lipinski definition) is 1. The molecular weight excluding hydrogens is 260 g/mol. The largest absolute Gasteiger partial charge is 0.382 e. The minimum Gasteiger partial charge on any atom is -0.382 e. The van der Waals surface area contributed by atoms with Gasteiger partial charge in [0.05, 0.1) is 17.6 Å². The summed E-state index contributed by atoms with van der Waals surface area (Å²) in [6.45, 7) is 1.88. The fourth-order valence-electron chi connectivity index (χ4n) is 2.33. The lowest BCUT2D eigenvalue weighted by Gasteiger charge is -2.23. The summed E-state index contributed by atoms with van der Waals surface area (Å²) >= 11 is 0. The average molecular weight is 280 g/mol. The van der Waals surface area contributed by atoms with E-state index in [0.717, 1.165) is 30.7 Å². The second kappa shape index (κ2) is 7.21. The molecule has 1 aliphatic heterocycles. The van der Waals surface area contributed by atoms with Crippen molar-refractivity contribution >= 4 is 11.4 Å². The van der Waals surface area contributed by atoms with Crippen LogP contribution in [0, 0.1) is 10.1 Å². The van der Waals surface area contributed by atoms with E-state index in [1.165, 1.54) is 12.5 Å². The molecule has 0 aromatic heterocycles. The highest BCUT2D eigenvalue weighted by Gasteiger charge is 2.15. The third-order valence-electron chi connectivity index (χ3n) is 3.39. The van der Waals surface area contributed by atoms with Crippen LogP contribution in [0.2, 0.25) is 0 Å². The summed E-state index contributed by atoms with van der Waals surface area (Å²) in [7, 11) is 1.58. The smallest absolute Gasteiger partial charge is 0.269 e. The predicted octanol–water partition coefficient (Wildman–Crippen LogP) is 2.72. The monoisotopic (exact) mass is 280 g/mol. The Labute approximate surface area is 118 Å². The van der Waals surface area contributed by atoms with Crippen molar-refractivity contribution in [2.45, 2.75) is 32.0 Å². The van der Waals surface area contributed by atoms with Gasteiger partial charge in [-0.15, -0.1) is 0 Å². The molecule has 1 fully saturated rings. The van der Waals surface area contributed by atoms with Crippen LogP contribution in [0.1, 0.15) is 24.8 Å². The van der Waals surface area contributed by atoms with E-state index < -0.39 is 4.92 Å². The Morgan fingerprint density at radius 3 is 3.00 bits per heavy atom. The summed E-state index contributed by atoms with van der Waals surface area (Å²) in [5.41, 5.74) is 1.74. The lowest BCUT2D eigenvalue weighted by atomic mass is 10.1. The van der Waals surface area contributed by atoms with E-state index in [4.69, 9.17) is 9.47 Å². The molecule has 0 amide bonds. The lowest BCUT2D eigenvalue weighted by Crippen LogP contribution is -2.27. The van der Waals surface area contributed by atoms with E-state index in [0.29, 0.717) is 13.2 Å². The maximum Gasteiger partial charge on any atom is 0.269 e. The number of ether oxygens (including phenoxy) is 2. The first-order chi connectivity index (χ1) is 9.70. The van der Waals surface area contributed by atoms with Crippen molar-refractivity contribution in [1.29, 1.82) is 0 Å². The summed E-state index contributed by atoms with van der Waals surface area (Å²) in [6, 6.07) is 4.78. The number of benzene rings is 1. The van der Waals surface area contributed by atoms with Gasteiger partial charge in [0.25, 0.3) is 5.69 Å². The highest BCUT2D eigenvalue weighted by atomic mass is 16.6. The number of nitrogens with zero attached hydrogens (tertiary/aromatic N) is 1. The molecule has 1 heterocycles. The minimum atomic E-state index is -0.396. The third kappa shape index (κ3) is 3.91. The van der Waals surface area contributed by atoms with Crippen LogP contribution in [0.25, 0.3) is 0 Å². The van der Waals surface area contributed by atoms with Crippen molar-refractivity contribution < 1.29 is 14.4 Å². The standard InChI is InChI=1S/C14H20N2O4/c1-19-10-11-8-12(16(17)18)5-6-14(11)15-9-13-4-2-3-7-20-13/h5-6,8,13,15H,2-4,7,9-10H2,1H3. The van der Waals surface area contributed by atoms with Gasteiger partial charge in [-0.05, 0) is 25.3 Å². The van der Waals surface area contributed by atoms with E-state index in [2.05, 4.69) is 5.32 Å². The molecule has 110 valence electrons. The minimum absolute atomic E-state index is 0.0801. The second-order valence-electron chi connectivity index (χ2n) is 4.90. The lowest BCUT2D eigenvalue weighted by molar-refractivity contribution is -0.384. The number of nitrogens with one attached hydrogen (secondary N) is 1. The molecule has 0 radical (unpaired) electrons. The zero-order valence-corrected chi connectivity index (χ0v) is 11.6. The fraction of sp³-hybridized carbons (Fsp3) is 0.571. The Balaban J connectivity index is 2.03. The van der Waals surface area contributed by atoms with Gasteiger partial charge in [0.1, 0.15) is 0 Å². The maximum atomic E-state index is 10.8. The molecule has 20 heavy (non-hydrogen) atoms. The quantitative estimate of drug-likeness (QED) is 0.640. The van der Waals surface area contributed by atoms with Crippen molar-refractivity contribution in [3.8, 4) is 0 Å². The van der Waals surface area contributed by atoms with E-state index in [9.17, 15) is 10.1 Å². The van der Waals surface area contributed by atoms with Gasteiger partial charge in [-0.1, -0.05) is 0 Å². The predicted molar refractivity (Wildman–Crippen MR) is 75.9 cm³/mol. The van der Waals surface area contributed by atoms with Crippen molar-refractivity contribution in [3.05, 3.63) is 33.9 Å². The van der Waals surface area contributed by atoms with E-state index in [1.54, 1.807) is 19.2 Å². The Kier molecular flexibility index (Phi) is 5.31. The highest BCUT2D eigenvalue weighted by Crippen LogP contribution is 2.23. The molecule has 1 N–H and O–H groups in total. The van der Waals surface area contributed by atoms with E-state index in [1.807, 2.05) is 0 Å². The molecule has 0 aliphatic carbocycles. The summed E-state index contributed by atoms with van der Waals surface area (Å²) < 4.78 is 10.8. The zero-order chi connectivity index (χ0) is 14.4. The number of nitro benzene ring substituents is 1. The number of hydrogen-bond acceptors (Lipinski definition) is 5. The fourth-order valence-corrected chi connectivity index (χ4v) is 2.33. The molecule has 1 unspecified atom stereocenters. The van der Waals surface area contributed by atoms with Gasteiger partial charge < -0.3 is 14.8 Å². The Hall–Kier alpha value is -1.66. The van der Waals surface area contributed by atoms with Crippen LogP contribution in [-0.2, 0) is 16.1 Å². The molecule has 0 spiro atoms. The zero-order valence-electron chi connectivity index (χ0n) is 11.6. The third-order valence-corrected chi connectivity index (χ3v) is 3.39. The van der Waals surface area contributed by atoms with Gasteiger partial charge in [-0.25, -0.2) is 0 Å². The SMILES string of the molecule is COCc1cc([N+](=O)[O-])ccc1NCC1CCCCO1. The van der Waals surface area contributed by atoms with Gasteiger partial charge in [-0.2, -0.15) is 0 Å². The van der Waals surface area contributed by atoms with Crippen LogP contribution in [-0.4, -0.2) is 31.3 Å². The Morgan fingerprint density at radius 1 is 1.50 bits per heavy atom. The van der Waals surface area contributed by atoms with Crippen molar-refractivity contribution in [2.75, 3.05) is 25.6 Å². The number of nitro groups is 1. The van der Waals surface area contributed by atoms with Gasteiger partial charge in [0, 0.05) is 43.6 Å². The second-order valence-corrected chi connectivity index (χ2v) is 4.90. The Morgan fingerprint density at radius 2 is 2.35 bits per heavy atom. The number of anilines is 1. The van der Waals surface area contributed by atoms with Gasteiger partial charge in [-0.3, -0.25) is 10.1 Å². The molecule has 1 atom stereocenters. The van der Waals surface area contributed by atoms with Crippen molar-refractivity contribution in [3.63, 3.8) is 0 Å². The molecule has 2 rings (SSSR count). The van der Waals surface area contributed by atoms with Crippen molar-refractivity contribution in [1.82, 2.24) is 0 Å². The van der Waals surface area contributed by atoms with Crippen LogP contribution >= 0.6 is 0 Å². The van der Waals surface area contributed by atoms with Crippen LogP contribution in [0.3, 0.4) is 0 Å². The molecule has 6 nitrogen and oxygen atoms in total. The first-order valence-electron chi connectivity index (χ1n) is 6.82. The average Bonchev–Trinajstić information content (AvgIpc) is 2.47. The van der Waals surface area contributed by atoms with Gasteiger partial charge >= 0.3 is 0 Å². The maximum absolute atomic E-state index is 10.8. The number of non-ortho nitro benzene ring substituents is 1. The topological polar surface area (TPSA) is 73.6 Å². The van der Waals surface area contributed by atoms with E-state index >= 15 is 0 Å². The van der Waals surface area contributed by atoms with E-state index in [-0.39, 0.29) is 11.8 Å². The molecule has 0 bridgehead atoms. The first-order valence-corrected chi connectivity index (χ1v) is 6.82.